The van der Waals surface area contributed by atoms with E-state index >= 15 is 0 Å². The van der Waals surface area contributed by atoms with E-state index in [1.807, 2.05) is 24.3 Å². The lowest BCUT2D eigenvalue weighted by molar-refractivity contribution is -0.146. The molecule has 2 heterocycles. The molecule has 2 amide bonds. The van der Waals surface area contributed by atoms with Gasteiger partial charge in [0, 0.05) is 31.3 Å². The SMILES string of the molecule is O=C(O)C1CCCN1C(=O)C=Cc1ccc(N2CCCC2=O)cc1. The molecule has 6 nitrogen and oxygen atoms in total. The van der Waals surface area contributed by atoms with Gasteiger partial charge in [-0.2, -0.15) is 0 Å². The Balaban J connectivity index is 1.65. The number of benzene rings is 1. The van der Waals surface area contributed by atoms with Crippen LogP contribution in [0.1, 0.15) is 31.2 Å². The lowest BCUT2D eigenvalue weighted by Crippen LogP contribution is -2.39. The molecule has 2 fully saturated rings. The highest BCUT2D eigenvalue weighted by Gasteiger charge is 2.32. The number of aliphatic carboxylic acids is 1. The van der Waals surface area contributed by atoms with Gasteiger partial charge in [-0.25, -0.2) is 4.79 Å². The monoisotopic (exact) mass is 328 g/mol. The second kappa shape index (κ2) is 6.86. The summed E-state index contributed by atoms with van der Waals surface area (Å²) in [6.45, 7) is 1.23. The summed E-state index contributed by atoms with van der Waals surface area (Å²) in [5.74, 6) is -1.09. The van der Waals surface area contributed by atoms with Crippen molar-refractivity contribution in [2.45, 2.75) is 31.7 Å². The summed E-state index contributed by atoms with van der Waals surface area (Å²) in [6, 6.07) is 6.71. The zero-order valence-corrected chi connectivity index (χ0v) is 13.4. The molecule has 0 saturated carbocycles. The van der Waals surface area contributed by atoms with Crippen molar-refractivity contribution in [3.63, 3.8) is 0 Å². The fraction of sp³-hybridized carbons (Fsp3) is 0.389. The zero-order chi connectivity index (χ0) is 17.1. The van der Waals surface area contributed by atoms with Gasteiger partial charge in [-0.15, -0.1) is 0 Å². The first kappa shape index (κ1) is 16.2. The predicted octanol–water partition coefficient (Wildman–Crippen LogP) is 1.90. The maximum absolute atomic E-state index is 12.2. The fourth-order valence-electron chi connectivity index (χ4n) is 3.24. The van der Waals surface area contributed by atoms with E-state index < -0.39 is 12.0 Å². The second-order valence-electron chi connectivity index (χ2n) is 6.10. The van der Waals surface area contributed by atoms with Gasteiger partial charge >= 0.3 is 5.97 Å². The molecule has 2 aliphatic rings. The number of nitrogens with zero attached hydrogens (tertiary/aromatic N) is 2. The third-order valence-corrected chi connectivity index (χ3v) is 4.52. The molecular weight excluding hydrogens is 308 g/mol. The summed E-state index contributed by atoms with van der Waals surface area (Å²) in [7, 11) is 0. The van der Waals surface area contributed by atoms with Crippen LogP contribution in [-0.2, 0) is 14.4 Å². The summed E-state index contributed by atoms with van der Waals surface area (Å²) < 4.78 is 0. The molecule has 24 heavy (non-hydrogen) atoms. The number of carbonyl (C=O) groups excluding carboxylic acids is 2. The smallest absolute Gasteiger partial charge is 0.326 e. The molecule has 0 aromatic heterocycles. The Labute approximate surface area is 140 Å². The van der Waals surface area contributed by atoms with E-state index in [9.17, 15) is 14.4 Å². The van der Waals surface area contributed by atoms with Gasteiger partial charge in [0.15, 0.2) is 0 Å². The first-order chi connectivity index (χ1) is 11.6. The highest BCUT2D eigenvalue weighted by Crippen LogP contribution is 2.22. The number of amides is 2. The molecule has 1 unspecified atom stereocenters. The molecule has 0 radical (unpaired) electrons. The Bertz CT molecular complexity index is 681. The standard InChI is InChI=1S/C18H20N2O4/c21-16-4-2-11-19(16)14-8-5-13(6-9-14)7-10-17(22)20-12-1-3-15(20)18(23)24/h5-10,15H,1-4,11-12H2,(H,23,24). The Morgan fingerprint density at radius 2 is 1.88 bits per heavy atom. The van der Waals surface area contributed by atoms with Gasteiger partial charge in [-0.05, 0) is 43.0 Å². The minimum absolute atomic E-state index is 0.141. The average Bonchev–Trinajstić information content (AvgIpc) is 3.22. The van der Waals surface area contributed by atoms with Crippen molar-refractivity contribution < 1.29 is 19.5 Å². The molecule has 2 saturated heterocycles. The van der Waals surface area contributed by atoms with Crippen LogP contribution in [0, 0.1) is 0 Å². The Hall–Kier alpha value is -2.63. The number of hydrogen-bond acceptors (Lipinski definition) is 3. The van der Waals surface area contributed by atoms with Gasteiger partial charge in [0.1, 0.15) is 6.04 Å². The van der Waals surface area contributed by atoms with Gasteiger partial charge in [0.25, 0.3) is 0 Å². The summed E-state index contributed by atoms with van der Waals surface area (Å²) >= 11 is 0. The third kappa shape index (κ3) is 3.32. The second-order valence-corrected chi connectivity index (χ2v) is 6.10. The molecule has 3 rings (SSSR count). The molecule has 6 heteroatoms. The minimum atomic E-state index is -0.950. The lowest BCUT2D eigenvalue weighted by atomic mass is 10.1. The van der Waals surface area contributed by atoms with E-state index in [0.29, 0.717) is 19.4 Å². The van der Waals surface area contributed by atoms with Gasteiger partial charge in [-0.3, -0.25) is 9.59 Å². The molecule has 126 valence electrons. The normalized spacial score (nSPS) is 21.0. The van der Waals surface area contributed by atoms with E-state index in [0.717, 1.165) is 30.6 Å². The maximum Gasteiger partial charge on any atom is 0.326 e. The highest BCUT2D eigenvalue weighted by molar-refractivity contribution is 5.96. The van der Waals surface area contributed by atoms with Crippen molar-refractivity contribution in [2.24, 2.45) is 0 Å². The molecular formula is C18H20N2O4. The number of anilines is 1. The number of likely N-dealkylation sites (tertiary alicyclic amines) is 1. The first-order valence-electron chi connectivity index (χ1n) is 8.18. The zero-order valence-electron chi connectivity index (χ0n) is 13.4. The van der Waals surface area contributed by atoms with Gasteiger partial charge in [-0.1, -0.05) is 12.1 Å². The Morgan fingerprint density at radius 1 is 1.12 bits per heavy atom. The van der Waals surface area contributed by atoms with Gasteiger partial charge in [0.05, 0.1) is 0 Å². The third-order valence-electron chi connectivity index (χ3n) is 4.52. The fourth-order valence-corrected chi connectivity index (χ4v) is 3.24. The summed E-state index contributed by atoms with van der Waals surface area (Å²) in [4.78, 5) is 38.2. The van der Waals surface area contributed by atoms with E-state index in [-0.39, 0.29) is 11.8 Å². The van der Waals surface area contributed by atoms with Gasteiger partial charge in [0.2, 0.25) is 11.8 Å². The number of hydrogen-bond donors (Lipinski definition) is 1. The molecule has 1 atom stereocenters. The number of carboxylic acids is 1. The van der Waals surface area contributed by atoms with E-state index in [1.54, 1.807) is 11.0 Å². The van der Waals surface area contributed by atoms with Crippen LogP contribution in [0.2, 0.25) is 0 Å². The van der Waals surface area contributed by atoms with E-state index in [4.69, 9.17) is 5.11 Å². The summed E-state index contributed by atoms with van der Waals surface area (Å²) in [5, 5.41) is 9.12. The van der Waals surface area contributed by atoms with Crippen LogP contribution >= 0.6 is 0 Å². The van der Waals surface area contributed by atoms with Crippen LogP contribution in [0.5, 0.6) is 0 Å². The molecule has 0 spiro atoms. The minimum Gasteiger partial charge on any atom is -0.480 e. The van der Waals surface area contributed by atoms with Crippen molar-refractivity contribution in [3.8, 4) is 0 Å². The van der Waals surface area contributed by atoms with Crippen LogP contribution < -0.4 is 4.90 Å². The van der Waals surface area contributed by atoms with E-state index in [2.05, 4.69) is 0 Å². The topological polar surface area (TPSA) is 77.9 Å². The van der Waals surface area contributed by atoms with Crippen LogP contribution in [0.3, 0.4) is 0 Å². The largest absolute Gasteiger partial charge is 0.480 e. The van der Waals surface area contributed by atoms with Crippen LogP contribution in [0.4, 0.5) is 5.69 Å². The van der Waals surface area contributed by atoms with Crippen LogP contribution in [0.25, 0.3) is 6.08 Å². The Kier molecular flexibility index (Phi) is 4.64. The first-order valence-corrected chi connectivity index (χ1v) is 8.18. The summed E-state index contributed by atoms with van der Waals surface area (Å²) in [5.41, 5.74) is 1.70. The van der Waals surface area contributed by atoms with Crippen molar-refractivity contribution in [1.82, 2.24) is 4.90 Å². The molecule has 0 aliphatic carbocycles. The van der Waals surface area contributed by atoms with E-state index in [1.165, 1.54) is 11.0 Å². The molecule has 0 bridgehead atoms. The maximum atomic E-state index is 12.2. The number of carboxylic acid groups (broad SMARTS) is 1. The van der Waals surface area contributed by atoms with Crippen molar-refractivity contribution in [1.29, 1.82) is 0 Å². The van der Waals surface area contributed by atoms with Crippen LogP contribution in [-0.4, -0.2) is 46.9 Å². The van der Waals surface area contributed by atoms with Crippen molar-refractivity contribution in [3.05, 3.63) is 35.9 Å². The van der Waals surface area contributed by atoms with Gasteiger partial charge < -0.3 is 14.9 Å². The lowest BCUT2D eigenvalue weighted by Gasteiger charge is -2.19. The molecule has 1 aromatic rings. The quantitative estimate of drug-likeness (QED) is 0.856. The van der Waals surface area contributed by atoms with Crippen molar-refractivity contribution >= 4 is 29.5 Å². The molecule has 1 N–H and O–H groups in total. The molecule has 1 aromatic carbocycles. The van der Waals surface area contributed by atoms with Crippen LogP contribution in [0.15, 0.2) is 30.3 Å². The molecule has 2 aliphatic heterocycles. The highest BCUT2D eigenvalue weighted by atomic mass is 16.4. The summed E-state index contributed by atoms with van der Waals surface area (Å²) in [6.07, 6.45) is 5.79. The number of carbonyl (C=O) groups is 3. The van der Waals surface area contributed by atoms with Crippen molar-refractivity contribution in [2.75, 3.05) is 18.0 Å². The number of rotatable bonds is 4. The Morgan fingerprint density at radius 3 is 2.50 bits per heavy atom. The average molecular weight is 328 g/mol. The predicted molar refractivity (Wildman–Crippen MR) is 89.4 cm³/mol.